The molecule has 29 heavy (non-hydrogen) atoms. The van der Waals surface area contributed by atoms with E-state index in [2.05, 4.69) is 0 Å². The van der Waals surface area contributed by atoms with Gasteiger partial charge in [-0.1, -0.05) is 30.3 Å². The Morgan fingerprint density at radius 2 is 1.83 bits per heavy atom. The Kier molecular flexibility index (Phi) is 5.36. The van der Waals surface area contributed by atoms with E-state index in [9.17, 15) is 13.2 Å². The largest absolute Gasteiger partial charge is 0.496 e. The molecule has 2 heterocycles. The van der Waals surface area contributed by atoms with E-state index >= 15 is 0 Å². The van der Waals surface area contributed by atoms with Crippen molar-refractivity contribution in [3.05, 3.63) is 59.7 Å². The number of amides is 1. The average Bonchev–Trinajstić information content (AvgIpc) is 3.01. The van der Waals surface area contributed by atoms with Crippen molar-refractivity contribution in [2.24, 2.45) is 0 Å². The van der Waals surface area contributed by atoms with E-state index < -0.39 is 9.84 Å². The lowest BCUT2D eigenvalue weighted by Gasteiger charge is -2.43. The predicted octanol–water partition coefficient (Wildman–Crippen LogP) is 2.06. The van der Waals surface area contributed by atoms with Crippen molar-refractivity contribution in [3.63, 3.8) is 0 Å². The number of rotatable bonds is 5. The van der Waals surface area contributed by atoms with Crippen molar-refractivity contribution < 1.29 is 17.9 Å². The van der Waals surface area contributed by atoms with E-state index in [0.29, 0.717) is 13.0 Å². The first-order valence-electron chi connectivity index (χ1n) is 9.83. The predicted molar refractivity (Wildman–Crippen MR) is 113 cm³/mol. The highest BCUT2D eigenvalue weighted by Crippen LogP contribution is 2.32. The third-order valence-electron chi connectivity index (χ3n) is 5.84. The quantitative estimate of drug-likeness (QED) is 0.749. The van der Waals surface area contributed by atoms with Crippen LogP contribution in [0.3, 0.4) is 0 Å². The van der Waals surface area contributed by atoms with Crippen molar-refractivity contribution in [3.8, 4) is 5.75 Å². The van der Waals surface area contributed by atoms with Crippen LogP contribution in [0.1, 0.15) is 11.1 Å². The number of fused-ring (bicyclic) bond motifs is 1. The van der Waals surface area contributed by atoms with Gasteiger partial charge in [-0.05, 0) is 42.7 Å². The minimum atomic E-state index is -3.19. The number of nitrogens with zero attached hydrogens (tertiary/aromatic N) is 2. The fourth-order valence-electron chi connectivity index (χ4n) is 4.49. The minimum Gasteiger partial charge on any atom is -0.496 e. The van der Waals surface area contributed by atoms with Crippen LogP contribution in [0.4, 0.5) is 5.69 Å². The maximum absolute atomic E-state index is 13.1. The number of piperazine rings is 1. The first-order valence-corrected chi connectivity index (χ1v) is 11.7. The minimum absolute atomic E-state index is 0.0164. The van der Waals surface area contributed by atoms with Crippen LogP contribution in [-0.4, -0.2) is 63.0 Å². The molecule has 2 aromatic carbocycles. The Bertz CT molecular complexity index is 1020. The van der Waals surface area contributed by atoms with Crippen LogP contribution in [0.25, 0.3) is 0 Å². The number of anilines is 1. The van der Waals surface area contributed by atoms with Crippen molar-refractivity contribution >= 4 is 21.4 Å². The molecule has 7 heteroatoms. The van der Waals surface area contributed by atoms with Gasteiger partial charge in [0.05, 0.1) is 31.2 Å². The zero-order valence-corrected chi connectivity index (χ0v) is 17.6. The Hall–Kier alpha value is -2.38. The average molecular weight is 415 g/mol. The summed E-state index contributed by atoms with van der Waals surface area (Å²) >= 11 is 0. The second-order valence-electron chi connectivity index (χ2n) is 7.85. The summed E-state index contributed by atoms with van der Waals surface area (Å²) in [7, 11) is -1.55. The molecule has 154 valence electrons. The molecule has 0 aliphatic carbocycles. The molecule has 0 radical (unpaired) electrons. The normalized spacial score (nSPS) is 23.8. The van der Waals surface area contributed by atoms with Gasteiger partial charge in [0.15, 0.2) is 9.84 Å². The highest BCUT2D eigenvalue weighted by molar-refractivity contribution is 7.91. The Labute approximate surface area is 172 Å². The van der Waals surface area contributed by atoms with Gasteiger partial charge in [0.2, 0.25) is 5.91 Å². The van der Waals surface area contributed by atoms with Crippen LogP contribution < -0.4 is 9.64 Å². The van der Waals surface area contributed by atoms with Crippen LogP contribution in [-0.2, 0) is 21.1 Å². The lowest BCUT2D eigenvalue weighted by atomic mass is 10.0. The number of hydrogen-bond donors (Lipinski definition) is 0. The first-order chi connectivity index (χ1) is 13.9. The van der Waals surface area contributed by atoms with Crippen LogP contribution in [0.2, 0.25) is 0 Å². The standard InChI is InChI=1S/C22H26N2O4S/c1-16-6-5-8-18(12-16)24-20-15-29(26,27)14-19(20)23(13-22(24)25)11-10-17-7-3-4-9-21(17)28-2/h3-9,12,19-20H,10-11,13-15H2,1-2H3. The van der Waals surface area contributed by atoms with Crippen molar-refractivity contribution in [1.82, 2.24) is 4.90 Å². The summed E-state index contributed by atoms with van der Waals surface area (Å²) in [6, 6.07) is 15.0. The van der Waals surface area contributed by atoms with Gasteiger partial charge in [0.25, 0.3) is 0 Å². The molecule has 2 aliphatic heterocycles. The fourth-order valence-corrected chi connectivity index (χ4v) is 6.47. The summed E-state index contributed by atoms with van der Waals surface area (Å²) in [4.78, 5) is 16.8. The lowest BCUT2D eigenvalue weighted by Crippen LogP contribution is -2.62. The first kappa shape index (κ1) is 19.9. The molecule has 2 atom stereocenters. The number of aryl methyl sites for hydroxylation is 1. The molecule has 4 rings (SSSR count). The second-order valence-corrected chi connectivity index (χ2v) is 10.0. The number of ether oxygens (including phenoxy) is 1. The lowest BCUT2D eigenvalue weighted by molar-refractivity contribution is -0.123. The number of carbonyl (C=O) groups is 1. The second kappa shape index (κ2) is 7.80. The van der Waals surface area contributed by atoms with Gasteiger partial charge in [0, 0.05) is 18.3 Å². The molecule has 0 saturated carbocycles. The zero-order chi connectivity index (χ0) is 20.6. The molecule has 2 saturated heterocycles. The third kappa shape index (κ3) is 4.02. The maximum Gasteiger partial charge on any atom is 0.241 e. The number of hydrogen-bond acceptors (Lipinski definition) is 5. The Morgan fingerprint density at radius 1 is 1.07 bits per heavy atom. The van der Waals surface area contributed by atoms with Crippen molar-refractivity contribution in [2.45, 2.75) is 25.4 Å². The Balaban J connectivity index is 1.59. The molecule has 1 amide bonds. The monoisotopic (exact) mass is 414 g/mol. The van der Waals surface area contributed by atoms with Crippen LogP contribution in [0.15, 0.2) is 48.5 Å². The van der Waals surface area contributed by atoms with Crippen molar-refractivity contribution in [1.29, 1.82) is 0 Å². The summed E-state index contributed by atoms with van der Waals surface area (Å²) in [6.45, 7) is 2.81. The van der Waals surface area contributed by atoms with Crippen LogP contribution in [0, 0.1) is 6.92 Å². The molecule has 0 spiro atoms. The summed E-state index contributed by atoms with van der Waals surface area (Å²) in [5.41, 5.74) is 2.89. The number of methoxy groups -OCH3 is 1. The smallest absolute Gasteiger partial charge is 0.241 e. The Morgan fingerprint density at radius 3 is 2.59 bits per heavy atom. The van der Waals surface area contributed by atoms with E-state index in [1.54, 1.807) is 12.0 Å². The number of para-hydroxylation sites is 1. The van der Waals surface area contributed by atoms with E-state index in [1.807, 2.05) is 60.4 Å². The number of sulfone groups is 1. The summed E-state index contributed by atoms with van der Waals surface area (Å²) in [6.07, 6.45) is 0.699. The van der Waals surface area contributed by atoms with Gasteiger partial charge in [-0.15, -0.1) is 0 Å². The molecule has 0 bridgehead atoms. The highest BCUT2D eigenvalue weighted by atomic mass is 32.2. The summed E-state index contributed by atoms with van der Waals surface area (Å²) in [5, 5.41) is 0. The molecular formula is C22H26N2O4S. The number of benzene rings is 2. The number of carbonyl (C=O) groups excluding carboxylic acids is 1. The van der Waals surface area contributed by atoms with Gasteiger partial charge in [-0.3, -0.25) is 9.69 Å². The van der Waals surface area contributed by atoms with Gasteiger partial charge in [-0.2, -0.15) is 0 Å². The molecule has 2 fully saturated rings. The molecular weight excluding hydrogens is 388 g/mol. The summed E-state index contributed by atoms with van der Waals surface area (Å²) in [5.74, 6) is 0.878. The highest BCUT2D eigenvalue weighted by Gasteiger charge is 2.49. The molecule has 0 aromatic heterocycles. The van der Waals surface area contributed by atoms with Crippen molar-refractivity contribution in [2.75, 3.05) is 36.6 Å². The van der Waals surface area contributed by atoms with E-state index in [-0.39, 0.29) is 36.0 Å². The zero-order valence-electron chi connectivity index (χ0n) is 16.7. The molecule has 2 aromatic rings. The van der Waals surface area contributed by atoms with Crippen LogP contribution in [0.5, 0.6) is 5.75 Å². The molecule has 2 aliphatic rings. The SMILES string of the molecule is COc1ccccc1CCN1CC(=O)N(c2cccc(C)c2)C2CS(=O)(=O)CC21. The van der Waals surface area contributed by atoms with E-state index in [1.165, 1.54) is 0 Å². The maximum atomic E-state index is 13.1. The third-order valence-corrected chi connectivity index (χ3v) is 7.54. The van der Waals surface area contributed by atoms with Gasteiger partial charge < -0.3 is 9.64 Å². The summed E-state index contributed by atoms with van der Waals surface area (Å²) < 4.78 is 30.4. The van der Waals surface area contributed by atoms with E-state index in [4.69, 9.17) is 4.74 Å². The van der Waals surface area contributed by atoms with E-state index in [0.717, 1.165) is 22.6 Å². The van der Waals surface area contributed by atoms with Crippen LogP contribution >= 0.6 is 0 Å². The fraction of sp³-hybridized carbons (Fsp3) is 0.409. The topological polar surface area (TPSA) is 66.9 Å². The van der Waals surface area contributed by atoms with Gasteiger partial charge >= 0.3 is 0 Å². The molecule has 2 unspecified atom stereocenters. The molecule has 6 nitrogen and oxygen atoms in total. The molecule has 0 N–H and O–H groups in total. The van der Waals surface area contributed by atoms with Gasteiger partial charge in [-0.25, -0.2) is 8.42 Å². The van der Waals surface area contributed by atoms with Gasteiger partial charge in [0.1, 0.15) is 5.75 Å².